The molecule has 0 unspecified atom stereocenters. The molecule has 2 rings (SSSR count). The Morgan fingerprint density at radius 2 is 2.05 bits per heavy atom. The molecular formula is C13H12ClNO4. The predicted molar refractivity (Wildman–Crippen MR) is 72.0 cm³/mol. The Kier molecular flexibility index (Phi) is 3.59. The van der Waals surface area contributed by atoms with Crippen LogP contribution >= 0.6 is 11.6 Å². The van der Waals surface area contributed by atoms with Gasteiger partial charge in [-0.15, -0.1) is 0 Å². The van der Waals surface area contributed by atoms with Crippen molar-refractivity contribution >= 4 is 28.3 Å². The smallest absolute Gasteiger partial charge is 0.337 e. The zero-order chi connectivity index (χ0) is 14.2. The van der Waals surface area contributed by atoms with Crippen molar-refractivity contribution in [2.45, 2.75) is 13.0 Å². The molecule has 19 heavy (non-hydrogen) atoms. The fraction of sp³-hybridized carbons (Fsp3) is 0.231. The molecule has 1 heterocycles. The summed E-state index contributed by atoms with van der Waals surface area (Å²) in [5.74, 6) is -1.18. The van der Waals surface area contributed by atoms with Crippen LogP contribution in [0, 0.1) is 0 Å². The van der Waals surface area contributed by atoms with E-state index in [1.54, 1.807) is 6.92 Å². The number of halogens is 1. The minimum absolute atomic E-state index is 0.0833. The van der Waals surface area contributed by atoms with Crippen molar-refractivity contribution < 1.29 is 15.0 Å². The third-order valence-corrected chi connectivity index (χ3v) is 3.33. The number of aliphatic hydroxyl groups is 1. The van der Waals surface area contributed by atoms with Crippen LogP contribution in [-0.2, 0) is 0 Å². The third-order valence-electron chi connectivity index (χ3n) is 3.01. The number of hydrogen-bond donors (Lipinski definition) is 2. The lowest BCUT2D eigenvalue weighted by Gasteiger charge is -2.13. The zero-order valence-electron chi connectivity index (χ0n) is 10.1. The van der Waals surface area contributed by atoms with Crippen molar-refractivity contribution in [1.82, 2.24) is 4.57 Å². The van der Waals surface area contributed by atoms with Gasteiger partial charge in [-0.25, -0.2) is 4.79 Å². The van der Waals surface area contributed by atoms with Gasteiger partial charge in [0.15, 0.2) is 0 Å². The van der Waals surface area contributed by atoms with Gasteiger partial charge in [-0.2, -0.15) is 0 Å². The summed E-state index contributed by atoms with van der Waals surface area (Å²) in [6, 6.07) is 4.04. The van der Waals surface area contributed by atoms with Crippen LogP contribution in [0.4, 0.5) is 0 Å². The number of pyridine rings is 1. The molecule has 6 heteroatoms. The molecule has 2 aromatic rings. The molecule has 0 fully saturated rings. The lowest BCUT2D eigenvalue weighted by Crippen LogP contribution is -2.25. The maximum Gasteiger partial charge on any atom is 0.337 e. The molecule has 0 saturated heterocycles. The molecule has 0 saturated carbocycles. The largest absolute Gasteiger partial charge is 0.478 e. The molecule has 0 radical (unpaired) electrons. The highest BCUT2D eigenvalue weighted by Crippen LogP contribution is 2.24. The van der Waals surface area contributed by atoms with E-state index in [0.29, 0.717) is 5.39 Å². The molecular weight excluding hydrogens is 270 g/mol. The van der Waals surface area contributed by atoms with Crippen molar-refractivity contribution in [2.24, 2.45) is 0 Å². The number of aliphatic hydroxyl groups excluding tert-OH is 1. The first-order chi connectivity index (χ1) is 8.97. The number of benzene rings is 1. The first kappa shape index (κ1) is 13.6. The summed E-state index contributed by atoms with van der Waals surface area (Å²) in [5.41, 5.74) is -0.432. The van der Waals surface area contributed by atoms with E-state index in [-0.39, 0.29) is 34.2 Å². The second-order valence-corrected chi connectivity index (χ2v) is 4.66. The van der Waals surface area contributed by atoms with Gasteiger partial charge in [-0.3, -0.25) is 4.79 Å². The van der Waals surface area contributed by atoms with E-state index in [0.717, 1.165) is 0 Å². The number of nitrogens with zero attached hydrogens (tertiary/aromatic N) is 1. The second-order valence-electron chi connectivity index (χ2n) is 4.25. The lowest BCUT2D eigenvalue weighted by molar-refractivity contribution is 0.0699. The Morgan fingerprint density at radius 1 is 1.37 bits per heavy atom. The molecule has 100 valence electrons. The highest BCUT2D eigenvalue weighted by atomic mass is 35.5. The average molecular weight is 282 g/mol. The fourth-order valence-electron chi connectivity index (χ4n) is 1.97. The first-order valence-corrected chi connectivity index (χ1v) is 6.02. The molecule has 1 aromatic heterocycles. The van der Waals surface area contributed by atoms with Crippen molar-refractivity contribution in [2.75, 3.05) is 6.61 Å². The summed E-state index contributed by atoms with van der Waals surface area (Å²) in [7, 11) is 0. The molecule has 1 atom stereocenters. The summed E-state index contributed by atoms with van der Waals surface area (Å²) in [6.45, 7) is 1.52. The molecule has 0 bridgehead atoms. The van der Waals surface area contributed by atoms with E-state index >= 15 is 0 Å². The monoisotopic (exact) mass is 281 g/mol. The number of aromatic carboxylic acids is 1. The van der Waals surface area contributed by atoms with Gasteiger partial charge in [0, 0.05) is 17.0 Å². The fourth-order valence-corrected chi connectivity index (χ4v) is 2.21. The van der Waals surface area contributed by atoms with Gasteiger partial charge < -0.3 is 14.8 Å². The molecule has 2 N–H and O–H groups in total. The van der Waals surface area contributed by atoms with Crippen LogP contribution in [0.2, 0.25) is 5.02 Å². The topological polar surface area (TPSA) is 79.5 Å². The third kappa shape index (κ3) is 2.22. The van der Waals surface area contributed by atoms with Crippen molar-refractivity contribution in [3.63, 3.8) is 0 Å². The van der Waals surface area contributed by atoms with Gasteiger partial charge in [-0.1, -0.05) is 11.6 Å². The van der Waals surface area contributed by atoms with Gasteiger partial charge >= 0.3 is 5.97 Å². The van der Waals surface area contributed by atoms with Gasteiger partial charge in [0.25, 0.3) is 5.56 Å². The van der Waals surface area contributed by atoms with Crippen LogP contribution in [0.15, 0.2) is 29.2 Å². The lowest BCUT2D eigenvalue weighted by atomic mass is 10.1. The van der Waals surface area contributed by atoms with E-state index in [1.807, 2.05) is 0 Å². The highest BCUT2D eigenvalue weighted by molar-refractivity contribution is 6.35. The zero-order valence-corrected chi connectivity index (χ0v) is 10.9. The Morgan fingerprint density at radius 3 is 2.63 bits per heavy atom. The maximum absolute atomic E-state index is 12.2. The van der Waals surface area contributed by atoms with Crippen LogP contribution in [0.5, 0.6) is 0 Å². The summed E-state index contributed by atoms with van der Waals surface area (Å²) in [5, 5.41) is 18.9. The molecule has 0 aliphatic carbocycles. The highest BCUT2D eigenvalue weighted by Gasteiger charge is 2.16. The van der Waals surface area contributed by atoms with Crippen LogP contribution < -0.4 is 5.56 Å². The number of hydrogen-bond acceptors (Lipinski definition) is 3. The summed E-state index contributed by atoms with van der Waals surface area (Å²) >= 11 is 5.85. The van der Waals surface area contributed by atoms with Crippen LogP contribution in [0.3, 0.4) is 0 Å². The van der Waals surface area contributed by atoms with E-state index in [2.05, 4.69) is 0 Å². The van der Waals surface area contributed by atoms with Gasteiger partial charge in [-0.05, 0) is 25.1 Å². The summed E-state index contributed by atoms with van der Waals surface area (Å²) in [6.07, 6.45) is 1.47. The SMILES string of the molecule is C[C@H](CO)n1ccc2c(C(=O)O)c(Cl)ccc2c1=O. The molecule has 0 spiro atoms. The predicted octanol–water partition coefficient (Wildman–Crippen LogP) is 1.91. The Hall–Kier alpha value is -1.85. The van der Waals surface area contributed by atoms with Crippen LogP contribution in [0.25, 0.3) is 10.8 Å². The van der Waals surface area contributed by atoms with Gasteiger partial charge in [0.05, 0.1) is 23.2 Å². The quantitative estimate of drug-likeness (QED) is 0.901. The molecule has 5 nitrogen and oxygen atoms in total. The molecule has 1 aromatic carbocycles. The average Bonchev–Trinajstić information content (AvgIpc) is 2.37. The summed E-state index contributed by atoms with van der Waals surface area (Å²) in [4.78, 5) is 23.4. The Bertz CT molecular complexity index is 708. The molecule has 0 amide bonds. The van der Waals surface area contributed by atoms with E-state index < -0.39 is 5.97 Å². The number of aromatic nitrogens is 1. The van der Waals surface area contributed by atoms with E-state index in [4.69, 9.17) is 21.8 Å². The maximum atomic E-state index is 12.2. The second kappa shape index (κ2) is 5.03. The Balaban J connectivity index is 2.83. The number of carbonyl (C=O) groups is 1. The van der Waals surface area contributed by atoms with Crippen molar-refractivity contribution in [1.29, 1.82) is 0 Å². The minimum atomic E-state index is -1.18. The minimum Gasteiger partial charge on any atom is -0.478 e. The Labute approximate surface area is 113 Å². The number of rotatable bonds is 3. The van der Waals surface area contributed by atoms with Crippen molar-refractivity contribution in [3.8, 4) is 0 Å². The van der Waals surface area contributed by atoms with Gasteiger partial charge in [0.1, 0.15) is 0 Å². The molecule has 0 aliphatic rings. The first-order valence-electron chi connectivity index (χ1n) is 5.65. The molecule has 0 aliphatic heterocycles. The van der Waals surface area contributed by atoms with Crippen molar-refractivity contribution in [3.05, 3.63) is 45.3 Å². The van der Waals surface area contributed by atoms with E-state index in [9.17, 15) is 9.59 Å². The van der Waals surface area contributed by atoms with Gasteiger partial charge in [0.2, 0.25) is 0 Å². The standard InChI is InChI=1S/C13H12ClNO4/c1-7(6-16)15-5-4-8-9(12(15)17)2-3-10(14)11(8)13(18)19/h2-5,7,16H,6H2,1H3,(H,18,19)/t7-/m1/s1. The number of carboxylic acid groups (broad SMARTS) is 1. The van der Waals surface area contributed by atoms with E-state index in [1.165, 1.54) is 29.0 Å². The summed E-state index contributed by atoms with van der Waals surface area (Å²) < 4.78 is 1.36. The number of carboxylic acids is 1. The van der Waals surface area contributed by atoms with Crippen LogP contribution in [0.1, 0.15) is 23.3 Å². The van der Waals surface area contributed by atoms with Crippen LogP contribution in [-0.4, -0.2) is 27.4 Å². The number of fused-ring (bicyclic) bond motifs is 1. The normalized spacial score (nSPS) is 12.6.